The van der Waals surface area contributed by atoms with E-state index in [4.69, 9.17) is 18.0 Å². The van der Waals surface area contributed by atoms with E-state index in [-0.39, 0.29) is 11.8 Å². The predicted octanol–water partition coefficient (Wildman–Crippen LogP) is 0.857. The van der Waals surface area contributed by atoms with Crippen LogP contribution in [-0.2, 0) is 4.79 Å². The second kappa shape index (κ2) is 4.68. The van der Waals surface area contributed by atoms with Crippen LogP contribution in [0.5, 0.6) is 0 Å². The first kappa shape index (κ1) is 12.2. The van der Waals surface area contributed by atoms with Gasteiger partial charge < -0.3 is 16.0 Å². The van der Waals surface area contributed by atoms with Crippen LogP contribution in [0.25, 0.3) is 0 Å². The van der Waals surface area contributed by atoms with Crippen molar-refractivity contribution in [3.63, 3.8) is 0 Å². The molecule has 4 atom stereocenters. The number of carbonyl (C=O) groups excluding carboxylic acids is 1. The van der Waals surface area contributed by atoms with Crippen LogP contribution in [0.1, 0.15) is 32.1 Å². The molecule has 3 fully saturated rings. The van der Waals surface area contributed by atoms with Crippen molar-refractivity contribution in [2.75, 3.05) is 13.1 Å². The van der Waals surface area contributed by atoms with Gasteiger partial charge in [0.05, 0.1) is 5.92 Å². The molecular weight excluding hydrogens is 246 g/mol. The van der Waals surface area contributed by atoms with Gasteiger partial charge in [-0.1, -0.05) is 6.42 Å². The van der Waals surface area contributed by atoms with E-state index < -0.39 is 0 Å². The summed E-state index contributed by atoms with van der Waals surface area (Å²) in [6.45, 7) is 1.56. The Hall–Kier alpha value is -0.840. The zero-order valence-electron chi connectivity index (χ0n) is 10.6. The van der Waals surface area contributed by atoms with Crippen molar-refractivity contribution in [3.8, 4) is 0 Å². The number of hydrogen-bond donors (Lipinski definition) is 2. The molecule has 0 aromatic carbocycles. The van der Waals surface area contributed by atoms with Gasteiger partial charge in [-0.05, 0) is 49.7 Å². The van der Waals surface area contributed by atoms with Gasteiger partial charge in [0.15, 0.2) is 5.11 Å². The molecule has 0 aromatic rings. The lowest BCUT2D eigenvalue weighted by atomic mass is 9.95. The van der Waals surface area contributed by atoms with Crippen molar-refractivity contribution in [1.29, 1.82) is 0 Å². The number of primary amides is 1. The Bertz CT molecular complexity index is 373. The largest absolute Gasteiger partial charge is 0.369 e. The second-order valence-corrected chi connectivity index (χ2v) is 6.45. The van der Waals surface area contributed by atoms with Crippen molar-refractivity contribution in [2.24, 2.45) is 23.5 Å². The molecule has 3 N–H and O–H groups in total. The van der Waals surface area contributed by atoms with E-state index in [1.807, 2.05) is 0 Å². The van der Waals surface area contributed by atoms with E-state index in [9.17, 15) is 4.79 Å². The zero-order valence-corrected chi connectivity index (χ0v) is 11.4. The van der Waals surface area contributed by atoms with Gasteiger partial charge in [0.25, 0.3) is 0 Å². The summed E-state index contributed by atoms with van der Waals surface area (Å²) < 4.78 is 0. The van der Waals surface area contributed by atoms with Crippen LogP contribution in [0.15, 0.2) is 0 Å². The number of amides is 1. The number of likely N-dealkylation sites (tertiary alicyclic amines) is 1. The van der Waals surface area contributed by atoms with Gasteiger partial charge in [-0.2, -0.15) is 0 Å². The third kappa shape index (κ3) is 2.20. The first-order valence-electron chi connectivity index (χ1n) is 6.98. The van der Waals surface area contributed by atoms with Crippen LogP contribution >= 0.6 is 12.2 Å². The summed E-state index contributed by atoms with van der Waals surface area (Å²) >= 11 is 5.47. The van der Waals surface area contributed by atoms with Gasteiger partial charge in [0.1, 0.15) is 0 Å². The van der Waals surface area contributed by atoms with Crippen LogP contribution in [0.3, 0.4) is 0 Å². The Morgan fingerprint density at radius 3 is 2.67 bits per heavy atom. The summed E-state index contributed by atoms with van der Waals surface area (Å²) in [5.74, 6) is 1.53. The van der Waals surface area contributed by atoms with Gasteiger partial charge in [-0.15, -0.1) is 0 Å². The van der Waals surface area contributed by atoms with Gasteiger partial charge in [0, 0.05) is 19.1 Å². The van der Waals surface area contributed by atoms with Crippen LogP contribution in [0.2, 0.25) is 0 Å². The maximum absolute atomic E-state index is 11.2. The van der Waals surface area contributed by atoms with Crippen molar-refractivity contribution in [1.82, 2.24) is 10.2 Å². The lowest BCUT2D eigenvalue weighted by Gasteiger charge is -2.28. The van der Waals surface area contributed by atoms with Crippen molar-refractivity contribution in [2.45, 2.75) is 38.1 Å². The van der Waals surface area contributed by atoms with Crippen molar-refractivity contribution >= 4 is 23.2 Å². The molecule has 0 unspecified atom stereocenters. The molecule has 3 aliphatic rings. The quantitative estimate of drug-likeness (QED) is 0.729. The minimum absolute atomic E-state index is 0.0234. The fraction of sp³-hybridized carbons (Fsp3) is 0.846. The molecule has 4 nitrogen and oxygen atoms in total. The Labute approximate surface area is 113 Å². The number of nitrogens with zero attached hydrogens (tertiary/aromatic N) is 1. The van der Waals surface area contributed by atoms with Crippen molar-refractivity contribution in [3.05, 3.63) is 0 Å². The zero-order chi connectivity index (χ0) is 12.7. The molecule has 1 aliphatic heterocycles. The first-order chi connectivity index (χ1) is 8.63. The van der Waals surface area contributed by atoms with E-state index >= 15 is 0 Å². The maximum Gasteiger partial charge on any atom is 0.222 e. The van der Waals surface area contributed by atoms with E-state index in [1.54, 1.807) is 0 Å². The third-order valence-electron chi connectivity index (χ3n) is 4.92. The standard InChI is InChI=1S/C13H21N3OS/c14-12(17)10-3-4-16(7-10)13(18)15-11-6-8-1-2-9(11)5-8/h8-11H,1-7H2,(H2,14,17)(H,15,18)/t8-,9-,10-,11-/m0/s1. The number of carbonyl (C=O) groups is 1. The Kier molecular flexibility index (Phi) is 3.18. The SMILES string of the molecule is NC(=O)[C@H]1CCN(C(=S)N[C@H]2C[C@H]3CC[C@H]2C3)C1. The average molecular weight is 267 g/mol. The molecule has 100 valence electrons. The highest BCUT2D eigenvalue weighted by Crippen LogP contribution is 2.44. The number of rotatable bonds is 2. The summed E-state index contributed by atoms with van der Waals surface area (Å²) in [5.41, 5.74) is 5.34. The molecular formula is C13H21N3OS. The summed E-state index contributed by atoms with van der Waals surface area (Å²) in [7, 11) is 0. The smallest absolute Gasteiger partial charge is 0.222 e. The van der Waals surface area contributed by atoms with Gasteiger partial charge in [-0.3, -0.25) is 4.79 Å². The molecule has 5 heteroatoms. The number of nitrogens with two attached hydrogens (primary N) is 1. The van der Waals surface area contributed by atoms with E-state index in [0.717, 1.165) is 29.9 Å². The minimum atomic E-state index is -0.194. The molecule has 1 amide bonds. The van der Waals surface area contributed by atoms with Crippen LogP contribution in [0.4, 0.5) is 0 Å². The monoisotopic (exact) mass is 267 g/mol. The third-order valence-corrected chi connectivity index (χ3v) is 5.30. The molecule has 1 saturated heterocycles. The minimum Gasteiger partial charge on any atom is -0.369 e. The Morgan fingerprint density at radius 2 is 2.11 bits per heavy atom. The van der Waals surface area contributed by atoms with Gasteiger partial charge in [0.2, 0.25) is 5.91 Å². The summed E-state index contributed by atoms with van der Waals surface area (Å²) in [4.78, 5) is 13.3. The summed E-state index contributed by atoms with van der Waals surface area (Å²) in [5, 5.41) is 4.35. The van der Waals surface area contributed by atoms with Crippen LogP contribution in [-0.4, -0.2) is 35.1 Å². The second-order valence-electron chi connectivity index (χ2n) is 6.06. The highest BCUT2D eigenvalue weighted by atomic mass is 32.1. The first-order valence-corrected chi connectivity index (χ1v) is 7.39. The molecule has 0 radical (unpaired) electrons. The highest BCUT2D eigenvalue weighted by molar-refractivity contribution is 7.80. The molecule has 3 rings (SSSR count). The number of nitrogens with one attached hydrogen (secondary N) is 1. The van der Waals surface area contributed by atoms with Crippen LogP contribution < -0.4 is 11.1 Å². The molecule has 2 aliphatic carbocycles. The fourth-order valence-electron chi connectivity index (χ4n) is 3.85. The molecule has 0 aromatic heterocycles. The summed E-state index contributed by atoms with van der Waals surface area (Å²) in [6, 6.07) is 0.573. The van der Waals surface area contributed by atoms with Gasteiger partial charge in [-0.25, -0.2) is 0 Å². The number of fused-ring (bicyclic) bond motifs is 2. The number of thiocarbonyl (C=S) groups is 1. The lowest BCUT2D eigenvalue weighted by molar-refractivity contribution is -0.121. The fourth-order valence-corrected chi connectivity index (χ4v) is 4.17. The molecule has 18 heavy (non-hydrogen) atoms. The molecule has 2 bridgehead atoms. The average Bonchev–Trinajstić information content (AvgIpc) is 3.04. The van der Waals surface area contributed by atoms with Crippen molar-refractivity contribution < 1.29 is 4.79 Å². The van der Waals surface area contributed by atoms with E-state index in [0.29, 0.717) is 12.6 Å². The van der Waals surface area contributed by atoms with Crippen LogP contribution in [0, 0.1) is 17.8 Å². The lowest BCUT2D eigenvalue weighted by Crippen LogP contribution is -2.46. The predicted molar refractivity (Wildman–Crippen MR) is 73.8 cm³/mol. The topological polar surface area (TPSA) is 58.4 Å². The number of hydrogen-bond acceptors (Lipinski definition) is 2. The van der Waals surface area contributed by atoms with Gasteiger partial charge >= 0.3 is 0 Å². The molecule has 2 saturated carbocycles. The van der Waals surface area contributed by atoms with E-state index in [1.165, 1.54) is 25.7 Å². The highest BCUT2D eigenvalue weighted by Gasteiger charge is 2.40. The molecule has 0 spiro atoms. The Morgan fingerprint density at radius 1 is 1.28 bits per heavy atom. The molecule has 1 heterocycles. The Balaban J connectivity index is 1.52. The maximum atomic E-state index is 11.2. The normalized spacial score (nSPS) is 38.1. The summed E-state index contributed by atoms with van der Waals surface area (Å²) in [6.07, 6.45) is 6.26. The van der Waals surface area contributed by atoms with E-state index in [2.05, 4.69) is 10.2 Å².